The van der Waals surface area contributed by atoms with Gasteiger partial charge in [-0.2, -0.15) is 0 Å². The van der Waals surface area contributed by atoms with Crippen LogP contribution in [0.1, 0.15) is 34.7 Å². The molecule has 0 saturated carbocycles. The zero-order valence-corrected chi connectivity index (χ0v) is 32.1. The van der Waals surface area contributed by atoms with Crippen LogP contribution in [-0.2, 0) is 70.9 Å². The predicted molar refractivity (Wildman–Crippen MR) is 212 cm³/mol. The zero-order valence-electron chi connectivity index (χ0n) is 32.1. The first-order valence-electron chi connectivity index (χ1n) is 19.6. The van der Waals surface area contributed by atoms with E-state index in [0.29, 0.717) is 6.61 Å². The first kappa shape index (κ1) is 40.9. The Hall–Kier alpha value is -4.30. The standard InChI is InChI=1S/C47H52O10/c1-33-41(51-28-35-19-9-3-10-20-35)43(40(48)46(49)55-33)57-47-45(54-31-38-25-15-6-16-26-38)44(53-30-37-23-13-5-14-24-37)42(52-29-36-21-11-4-12-22-36)39(56-47)32-50-27-34-17-7-2-8-18-34/h2-26,33,39-49H,27-32H2,1H3/t33-,39+,40+,41-,42+,43-,44-,45+,46+,47+/m0/s1. The number of hydrogen-bond donors (Lipinski definition) is 2. The van der Waals surface area contributed by atoms with E-state index in [1.807, 2.05) is 152 Å². The van der Waals surface area contributed by atoms with Crippen LogP contribution < -0.4 is 0 Å². The minimum Gasteiger partial charge on any atom is -0.385 e. The molecule has 10 heteroatoms. The van der Waals surface area contributed by atoms with Crippen LogP contribution in [0.5, 0.6) is 0 Å². The fourth-order valence-electron chi connectivity index (χ4n) is 7.17. The Labute approximate surface area is 334 Å². The molecular weight excluding hydrogens is 725 g/mol. The minimum absolute atomic E-state index is 0.133. The smallest absolute Gasteiger partial charge is 0.187 e. The SMILES string of the molecule is C[C@@H]1O[C@@H](O)[C@H](O)[C@H](O[C@H]2O[C@H](COCc3ccccc3)[C@@H](OCc3ccccc3)[C@H](OCc3ccccc3)[C@H]2OCc2ccccc2)[C@H]1OCc1ccccc1. The molecule has 0 aliphatic carbocycles. The summed E-state index contributed by atoms with van der Waals surface area (Å²) in [6.45, 7) is 3.24. The van der Waals surface area contributed by atoms with Gasteiger partial charge in [-0.3, -0.25) is 0 Å². The van der Waals surface area contributed by atoms with E-state index < -0.39 is 61.4 Å². The van der Waals surface area contributed by atoms with E-state index in [1.54, 1.807) is 6.92 Å². The van der Waals surface area contributed by atoms with Gasteiger partial charge >= 0.3 is 0 Å². The van der Waals surface area contributed by atoms with E-state index >= 15 is 0 Å². The number of benzene rings is 5. The molecule has 0 bridgehead atoms. The van der Waals surface area contributed by atoms with Gasteiger partial charge in [0.15, 0.2) is 12.6 Å². The van der Waals surface area contributed by atoms with Crippen molar-refractivity contribution < 1.29 is 48.1 Å². The van der Waals surface area contributed by atoms with Crippen LogP contribution in [0.2, 0.25) is 0 Å². The number of aliphatic hydroxyl groups excluding tert-OH is 2. The molecule has 0 amide bonds. The summed E-state index contributed by atoms with van der Waals surface area (Å²) in [4.78, 5) is 0. The second-order valence-electron chi connectivity index (χ2n) is 14.4. The van der Waals surface area contributed by atoms with Crippen LogP contribution >= 0.6 is 0 Å². The Morgan fingerprint density at radius 1 is 0.439 bits per heavy atom. The van der Waals surface area contributed by atoms with Crippen molar-refractivity contribution in [1.29, 1.82) is 0 Å². The first-order chi connectivity index (χ1) is 28.0. The minimum atomic E-state index is -1.52. The van der Waals surface area contributed by atoms with Crippen molar-refractivity contribution in [3.05, 3.63) is 179 Å². The Morgan fingerprint density at radius 2 is 0.825 bits per heavy atom. The molecule has 2 aliphatic rings. The molecule has 0 unspecified atom stereocenters. The van der Waals surface area contributed by atoms with Crippen LogP contribution in [0.4, 0.5) is 0 Å². The maximum atomic E-state index is 11.5. The fraction of sp³-hybridized carbons (Fsp3) is 0.362. The summed E-state index contributed by atoms with van der Waals surface area (Å²) >= 11 is 0. The van der Waals surface area contributed by atoms with Gasteiger partial charge in [0.25, 0.3) is 0 Å². The van der Waals surface area contributed by atoms with Gasteiger partial charge in [-0.1, -0.05) is 152 Å². The van der Waals surface area contributed by atoms with E-state index in [2.05, 4.69) is 0 Å². The highest BCUT2D eigenvalue weighted by atomic mass is 16.7. The van der Waals surface area contributed by atoms with Gasteiger partial charge in [-0.25, -0.2) is 0 Å². The summed E-state index contributed by atoms with van der Waals surface area (Å²) in [5, 5.41) is 22.4. The summed E-state index contributed by atoms with van der Waals surface area (Å²) in [5.74, 6) is 0. The van der Waals surface area contributed by atoms with Crippen molar-refractivity contribution in [2.24, 2.45) is 0 Å². The number of hydrogen-bond acceptors (Lipinski definition) is 10. The zero-order chi connectivity index (χ0) is 39.2. The highest BCUT2D eigenvalue weighted by molar-refractivity contribution is 5.17. The molecule has 2 fully saturated rings. The molecule has 10 nitrogen and oxygen atoms in total. The Bertz CT molecular complexity index is 1850. The third-order valence-electron chi connectivity index (χ3n) is 10.2. The van der Waals surface area contributed by atoms with Crippen LogP contribution in [0.3, 0.4) is 0 Å². The quantitative estimate of drug-likeness (QED) is 0.0991. The van der Waals surface area contributed by atoms with E-state index in [1.165, 1.54) is 0 Å². The van der Waals surface area contributed by atoms with Crippen molar-refractivity contribution in [2.45, 2.75) is 101 Å². The predicted octanol–water partition coefficient (Wildman–Crippen LogP) is 6.75. The van der Waals surface area contributed by atoms with Crippen molar-refractivity contribution in [3.8, 4) is 0 Å². The van der Waals surface area contributed by atoms with E-state index in [-0.39, 0.29) is 33.0 Å². The van der Waals surface area contributed by atoms with Crippen LogP contribution in [-0.4, -0.2) is 78.2 Å². The van der Waals surface area contributed by atoms with Gasteiger partial charge in [0.05, 0.1) is 45.7 Å². The Kier molecular flexibility index (Phi) is 15.0. The molecule has 10 atom stereocenters. The second kappa shape index (κ2) is 20.9. The molecule has 0 radical (unpaired) electrons. The summed E-state index contributed by atoms with van der Waals surface area (Å²) in [6, 6.07) is 49.3. The van der Waals surface area contributed by atoms with Gasteiger partial charge in [0.2, 0.25) is 0 Å². The maximum Gasteiger partial charge on any atom is 0.187 e. The van der Waals surface area contributed by atoms with Gasteiger partial charge in [-0.05, 0) is 34.7 Å². The van der Waals surface area contributed by atoms with Crippen molar-refractivity contribution in [2.75, 3.05) is 6.61 Å². The lowest BCUT2D eigenvalue weighted by Crippen LogP contribution is -2.65. The Morgan fingerprint density at radius 3 is 1.28 bits per heavy atom. The summed E-state index contributed by atoms with van der Waals surface area (Å²) in [5.41, 5.74) is 4.83. The van der Waals surface area contributed by atoms with Crippen LogP contribution in [0.15, 0.2) is 152 Å². The first-order valence-corrected chi connectivity index (χ1v) is 19.6. The van der Waals surface area contributed by atoms with Crippen molar-refractivity contribution >= 4 is 0 Å². The van der Waals surface area contributed by atoms with Gasteiger partial charge in [0, 0.05) is 0 Å². The van der Waals surface area contributed by atoms with Gasteiger partial charge in [0.1, 0.15) is 42.7 Å². The molecule has 7 rings (SSSR count). The molecule has 5 aromatic carbocycles. The summed E-state index contributed by atoms with van der Waals surface area (Å²) < 4.78 is 52.6. The highest BCUT2D eigenvalue weighted by Gasteiger charge is 2.53. The van der Waals surface area contributed by atoms with Gasteiger partial charge in [-0.15, -0.1) is 0 Å². The molecular formula is C47H52O10. The highest BCUT2D eigenvalue weighted by Crippen LogP contribution is 2.35. The van der Waals surface area contributed by atoms with Gasteiger partial charge < -0.3 is 48.1 Å². The van der Waals surface area contributed by atoms with Crippen molar-refractivity contribution in [3.63, 3.8) is 0 Å². The van der Waals surface area contributed by atoms with E-state index in [4.69, 9.17) is 37.9 Å². The molecule has 2 heterocycles. The average molecular weight is 777 g/mol. The summed E-state index contributed by atoms with van der Waals surface area (Å²) in [7, 11) is 0. The molecule has 2 saturated heterocycles. The average Bonchev–Trinajstić information content (AvgIpc) is 3.25. The molecule has 0 spiro atoms. The Balaban J connectivity index is 1.23. The molecule has 57 heavy (non-hydrogen) atoms. The molecule has 2 aliphatic heterocycles. The molecule has 5 aromatic rings. The lowest BCUT2D eigenvalue weighted by Gasteiger charge is -2.49. The van der Waals surface area contributed by atoms with Crippen LogP contribution in [0, 0.1) is 0 Å². The van der Waals surface area contributed by atoms with E-state index in [9.17, 15) is 10.2 Å². The lowest BCUT2D eigenvalue weighted by molar-refractivity contribution is -0.369. The third-order valence-corrected chi connectivity index (χ3v) is 10.2. The molecule has 300 valence electrons. The molecule has 2 N–H and O–H groups in total. The second-order valence-corrected chi connectivity index (χ2v) is 14.4. The largest absolute Gasteiger partial charge is 0.385 e. The topological polar surface area (TPSA) is 114 Å². The maximum absolute atomic E-state index is 11.5. The van der Waals surface area contributed by atoms with E-state index in [0.717, 1.165) is 27.8 Å². The fourth-order valence-corrected chi connectivity index (χ4v) is 7.17. The monoisotopic (exact) mass is 776 g/mol. The number of aliphatic hydroxyl groups is 2. The summed E-state index contributed by atoms with van der Waals surface area (Å²) in [6.07, 6.45) is -9.63. The normalized spacial score (nSPS) is 27.6. The molecule has 0 aromatic heterocycles. The van der Waals surface area contributed by atoms with Crippen molar-refractivity contribution in [1.82, 2.24) is 0 Å². The van der Waals surface area contributed by atoms with Crippen LogP contribution in [0.25, 0.3) is 0 Å². The number of rotatable bonds is 18. The number of ether oxygens (including phenoxy) is 8. The third kappa shape index (κ3) is 11.4. The lowest BCUT2D eigenvalue weighted by atomic mass is 9.96.